The normalized spacial score (nSPS) is 14.5. The number of nitriles is 1. The standard InChI is InChI=1S/C12H13FN2/c1-2-11-9-6-4-3-5-8(9)10(7-14)12(13)15-11/h2-6H2,1H3. The Morgan fingerprint density at radius 3 is 2.60 bits per heavy atom. The molecular weight excluding hydrogens is 191 g/mol. The SMILES string of the molecule is CCc1nc(F)c(C#N)c2c1CCCC2. The number of rotatable bonds is 1. The molecule has 0 aliphatic heterocycles. The fourth-order valence-corrected chi connectivity index (χ4v) is 2.27. The lowest BCUT2D eigenvalue weighted by Crippen LogP contribution is -2.12. The van der Waals surface area contributed by atoms with E-state index in [0.717, 1.165) is 48.9 Å². The maximum absolute atomic E-state index is 13.5. The van der Waals surface area contributed by atoms with Crippen molar-refractivity contribution >= 4 is 0 Å². The summed E-state index contributed by atoms with van der Waals surface area (Å²) in [4.78, 5) is 3.89. The molecule has 0 unspecified atom stereocenters. The molecule has 0 aromatic carbocycles. The van der Waals surface area contributed by atoms with Gasteiger partial charge < -0.3 is 0 Å². The summed E-state index contributed by atoms with van der Waals surface area (Å²) in [7, 11) is 0. The van der Waals surface area contributed by atoms with Crippen LogP contribution in [0.1, 0.15) is 42.1 Å². The monoisotopic (exact) mass is 204 g/mol. The molecule has 78 valence electrons. The molecule has 0 radical (unpaired) electrons. The van der Waals surface area contributed by atoms with Gasteiger partial charge in [-0.05, 0) is 43.2 Å². The van der Waals surface area contributed by atoms with Crippen molar-refractivity contribution < 1.29 is 4.39 Å². The lowest BCUT2D eigenvalue weighted by Gasteiger charge is -2.19. The van der Waals surface area contributed by atoms with Crippen LogP contribution in [0.15, 0.2) is 0 Å². The van der Waals surface area contributed by atoms with Crippen LogP contribution in [-0.2, 0) is 19.3 Å². The Kier molecular flexibility index (Phi) is 2.68. The first-order valence-electron chi connectivity index (χ1n) is 5.38. The van der Waals surface area contributed by atoms with E-state index < -0.39 is 5.95 Å². The smallest absolute Gasteiger partial charge is 0.223 e. The van der Waals surface area contributed by atoms with Gasteiger partial charge in [-0.25, -0.2) is 4.98 Å². The highest BCUT2D eigenvalue weighted by Gasteiger charge is 2.20. The van der Waals surface area contributed by atoms with Gasteiger partial charge in [0, 0.05) is 5.69 Å². The number of fused-ring (bicyclic) bond motifs is 1. The quantitative estimate of drug-likeness (QED) is 0.659. The summed E-state index contributed by atoms with van der Waals surface area (Å²) in [5.41, 5.74) is 3.04. The molecular formula is C12H13FN2. The molecule has 2 rings (SSSR count). The van der Waals surface area contributed by atoms with Crippen LogP contribution in [0.2, 0.25) is 0 Å². The Balaban J connectivity index is 2.66. The summed E-state index contributed by atoms with van der Waals surface area (Å²) < 4.78 is 13.5. The van der Waals surface area contributed by atoms with Crippen molar-refractivity contribution in [2.45, 2.75) is 39.0 Å². The van der Waals surface area contributed by atoms with Gasteiger partial charge in [-0.2, -0.15) is 9.65 Å². The highest BCUT2D eigenvalue weighted by Crippen LogP contribution is 2.27. The Bertz CT molecular complexity index is 432. The van der Waals surface area contributed by atoms with Crippen molar-refractivity contribution in [1.82, 2.24) is 4.98 Å². The molecule has 0 N–H and O–H groups in total. The molecule has 0 amide bonds. The van der Waals surface area contributed by atoms with E-state index in [1.165, 1.54) is 0 Å². The Morgan fingerprint density at radius 1 is 1.33 bits per heavy atom. The molecule has 0 bridgehead atoms. The molecule has 0 atom stereocenters. The average molecular weight is 204 g/mol. The molecule has 15 heavy (non-hydrogen) atoms. The van der Waals surface area contributed by atoms with Gasteiger partial charge in [-0.1, -0.05) is 6.92 Å². The van der Waals surface area contributed by atoms with E-state index in [0.29, 0.717) is 0 Å². The van der Waals surface area contributed by atoms with Crippen LogP contribution in [0.25, 0.3) is 0 Å². The summed E-state index contributed by atoms with van der Waals surface area (Å²) in [6.45, 7) is 1.97. The summed E-state index contributed by atoms with van der Waals surface area (Å²) in [6, 6.07) is 1.94. The fourth-order valence-electron chi connectivity index (χ4n) is 2.27. The number of hydrogen-bond donors (Lipinski definition) is 0. The predicted octanol–water partition coefficient (Wildman–Crippen LogP) is 2.53. The van der Waals surface area contributed by atoms with Crippen LogP contribution in [-0.4, -0.2) is 4.98 Å². The van der Waals surface area contributed by atoms with E-state index in [1.54, 1.807) is 0 Å². The largest absolute Gasteiger partial charge is 0.231 e. The van der Waals surface area contributed by atoms with E-state index in [-0.39, 0.29) is 5.56 Å². The van der Waals surface area contributed by atoms with Crippen molar-refractivity contribution in [3.05, 3.63) is 28.3 Å². The minimum absolute atomic E-state index is 0.168. The van der Waals surface area contributed by atoms with Gasteiger partial charge >= 0.3 is 0 Å². The van der Waals surface area contributed by atoms with E-state index in [4.69, 9.17) is 5.26 Å². The van der Waals surface area contributed by atoms with E-state index >= 15 is 0 Å². The number of nitrogens with zero attached hydrogens (tertiary/aromatic N) is 2. The van der Waals surface area contributed by atoms with Gasteiger partial charge in [0.25, 0.3) is 0 Å². The van der Waals surface area contributed by atoms with E-state index in [1.807, 2.05) is 13.0 Å². The summed E-state index contributed by atoms with van der Waals surface area (Å²) in [5, 5.41) is 8.91. The van der Waals surface area contributed by atoms with Crippen LogP contribution in [0.3, 0.4) is 0 Å². The lowest BCUT2D eigenvalue weighted by atomic mass is 9.87. The van der Waals surface area contributed by atoms with Crippen LogP contribution in [0.5, 0.6) is 0 Å². The first-order chi connectivity index (χ1) is 7.27. The van der Waals surface area contributed by atoms with Crippen molar-refractivity contribution in [2.75, 3.05) is 0 Å². The van der Waals surface area contributed by atoms with Crippen molar-refractivity contribution in [3.63, 3.8) is 0 Å². The highest BCUT2D eigenvalue weighted by molar-refractivity contribution is 5.45. The zero-order valence-corrected chi connectivity index (χ0v) is 8.81. The van der Waals surface area contributed by atoms with Gasteiger partial charge in [0.15, 0.2) is 0 Å². The van der Waals surface area contributed by atoms with E-state index in [9.17, 15) is 4.39 Å². The zero-order valence-electron chi connectivity index (χ0n) is 8.81. The number of aryl methyl sites for hydroxylation is 1. The van der Waals surface area contributed by atoms with Gasteiger partial charge in [-0.15, -0.1) is 0 Å². The third kappa shape index (κ3) is 1.61. The van der Waals surface area contributed by atoms with Gasteiger partial charge in [-0.3, -0.25) is 0 Å². The molecule has 1 aliphatic carbocycles. The minimum Gasteiger partial charge on any atom is -0.223 e. The zero-order chi connectivity index (χ0) is 10.8. The summed E-state index contributed by atoms with van der Waals surface area (Å²) in [6.07, 6.45) is 4.68. The maximum atomic E-state index is 13.5. The first kappa shape index (κ1) is 10.1. The van der Waals surface area contributed by atoms with Crippen molar-refractivity contribution in [1.29, 1.82) is 5.26 Å². The molecule has 0 saturated carbocycles. The van der Waals surface area contributed by atoms with Crippen molar-refractivity contribution in [3.8, 4) is 6.07 Å². The maximum Gasteiger partial charge on any atom is 0.231 e. The van der Waals surface area contributed by atoms with E-state index in [2.05, 4.69) is 4.98 Å². The summed E-state index contributed by atoms with van der Waals surface area (Å²) in [5.74, 6) is -0.588. The second kappa shape index (κ2) is 3.98. The van der Waals surface area contributed by atoms with Gasteiger partial charge in [0.2, 0.25) is 5.95 Å². The molecule has 0 spiro atoms. The molecule has 2 nitrogen and oxygen atoms in total. The second-order valence-corrected chi connectivity index (χ2v) is 3.85. The van der Waals surface area contributed by atoms with Crippen LogP contribution in [0, 0.1) is 17.3 Å². The van der Waals surface area contributed by atoms with Gasteiger partial charge in [0.05, 0.1) is 0 Å². The van der Waals surface area contributed by atoms with Crippen LogP contribution >= 0.6 is 0 Å². The third-order valence-electron chi connectivity index (χ3n) is 3.00. The molecule has 1 aromatic heterocycles. The molecule has 1 aliphatic rings. The Morgan fingerprint density at radius 2 is 2.00 bits per heavy atom. The summed E-state index contributed by atoms with van der Waals surface area (Å²) >= 11 is 0. The molecule has 0 fully saturated rings. The lowest BCUT2D eigenvalue weighted by molar-refractivity contribution is 0.558. The number of halogens is 1. The fraction of sp³-hybridized carbons (Fsp3) is 0.500. The highest BCUT2D eigenvalue weighted by atomic mass is 19.1. The second-order valence-electron chi connectivity index (χ2n) is 3.85. The molecule has 0 saturated heterocycles. The topological polar surface area (TPSA) is 36.7 Å². The molecule has 3 heteroatoms. The number of hydrogen-bond acceptors (Lipinski definition) is 2. The Hall–Kier alpha value is -1.43. The average Bonchev–Trinajstić information content (AvgIpc) is 2.28. The predicted molar refractivity (Wildman–Crippen MR) is 54.9 cm³/mol. The van der Waals surface area contributed by atoms with Crippen LogP contribution in [0.4, 0.5) is 4.39 Å². The number of pyridine rings is 1. The number of aromatic nitrogens is 1. The van der Waals surface area contributed by atoms with Crippen molar-refractivity contribution in [2.24, 2.45) is 0 Å². The first-order valence-corrected chi connectivity index (χ1v) is 5.38. The van der Waals surface area contributed by atoms with Crippen LogP contribution < -0.4 is 0 Å². The molecule has 1 aromatic rings. The molecule has 1 heterocycles. The van der Waals surface area contributed by atoms with Gasteiger partial charge in [0.1, 0.15) is 11.6 Å². The Labute approximate surface area is 88.8 Å². The minimum atomic E-state index is -0.588. The third-order valence-corrected chi connectivity index (χ3v) is 3.00.